The second-order valence-electron chi connectivity index (χ2n) is 8.35. The smallest absolute Gasteiger partial charge is 0.323 e. The van der Waals surface area contributed by atoms with Crippen molar-refractivity contribution in [1.82, 2.24) is 10.2 Å². The summed E-state index contributed by atoms with van der Waals surface area (Å²) < 4.78 is 24.6. The molecule has 3 rings (SSSR count). The molecular weight excluding hydrogens is 427 g/mol. The average Bonchev–Trinajstić information content (AvgIpc) is 2.80. The zero-order chi connectivity index (χ0) is 24.0. The zero-order valence-corrected chi connectivity index (χ0v) is 19.4. The van der Waals surface area contributed by atoms with Gasteiger partial charge in [-0.1, -0.05) is 6.92 Å². The molecule has 8 nitrogen and oxygen atoms in total. The molecule has 0 saturated heterocycles. The van der Waals surface area contributed by atoms with Crippen molar-refractivity contribution in [2.45, 2.75) is 26.0 Å². The molecule has 2 aromatic rings. The topological polar surface area (TPSA) is 91.9 Å². The quantitative estimate of drug-likeness (QED) is 0.654. The summed E-state index contributed by atoms with van der Waals surface area (Å²) in [5.74, 6) is 0.00321. The first-order valence-electron chi connectivity index (χ1n) is 10.9. The number of likely N-dealkylation sites (N-methyl/N-ethyl adjacent to an activating group) is 1. The number of benzene rings is 2. The van der Waals surface area contributed by atoms with Crippen LogP contribution >= 0.6 is 0 Å². The number of fused-ring (bicyclic) bond motifs is 1. The van der Waals surface area contributed by atoms with Crippen LogP contribution in [0.2, 0.25) is 0 Å². The van der Waals surface area contributed by atoms with Gasteiger partial charge in [0.1, 0.15) is 18.2 Å². The third-order valence-corrected chi connectivity index (χ3v) is 5.58. The SMILES string of the molecule is CO[C@@H]1CN(C)C(=O)c2cc(NC(=O)Nc3ccc(F)cc3)ccc2OC[C@H](C)NC[C@H]1C. The van der Waals surface area contributed by atoms with Gasteiger partial charge in [-0.3, -0.25) is 4.79 Å². The Morgan fingerprint density at radius 2 is 1.82 bits per heavy atom. The predicted octanol–water partition coefficient (Wildman–Crippen LogP) is 3.56. The number of carbonyl (C=O) groups excluding carboxylic acids is 2. The van der Waals surface area contributed by atoms with Crippen LogP contribution in [0.5, 0.6) is 5.75 Å². The molecule has 178 valence electrons. The Morgan fingerprint density at radius 1 is 1.15 bits per heavy atom. The zero-order valence-electron chi connectivity index (χ0n) is 19.4. The summed E-state index contributed by atoms with van der Waals surface area (Å²) >= 11 is 0. The first kappa shape index (κ1) is 24.5. The largest absolute Gasteiger partial charge is 0.491 e. The van der Waals surface area contributed by atoms with Crippen molar-refractivity contribution in [2.75, 3.05) is 44.5 Å². The van der Waals surface area contributed by atoms with E-state index in [0.717, 1.165) is 6.54 Å². The summed E-state index contributed by atoms with van der Waals surface area (Å²) in [4.78, 5) is 27.3. The first-order valence-corrected chi connectivity index (χ1v) is 10.9. The lowest BCUT2D eigenvalue weighted by Gasteiger charge is -2.30. The number of urea groups is 1. The van der Waals surface area contributed by atoms with Crippen LogP contribution in [0.1, 0.15) is 24.2 Å². The molecule has 2 aromatic carbocycles. The lowest BCUT2D eigenvalue weighted by Crippen LogP contribution is -2.44. The fraction of sp³-hybridized carbons (Fsp3) is 0.417. The molecule has 9 heteroatoms. The van der Waals surface area contributed by atoms with Crippen LogP contribution in [0.25, 0.3) is 0 Å². The average molecular weight is 459 g/mol. The molecule has 0 bridgehead atoms. The molecule has 0 saturated carbocycles. The highest BCUT2D eigenvalue weighted by molar-refractivity contribution is 6.02. The van der Waals surface area contributed by atoms with Crippen molar-refractivity contribution < 1.29 is 23.5 Å². The molecule has 0 fully saturated rings. The minimum Gasteiger partial charge on any atom is -0.491 e. The first-order chi connectivity index (χ1) is 15.8. The molecule has 1 aliphatic rings. The van der Waals surface area contributed by atoms with Gasteiger partial charge in [-0.15, -0.1) is 0 Å². The standard InChI is InChI=1S/C24H31FN4O4/c1-15-12-26-16(2)14-33-21-10-9-19(11-20(21)23(30)29(3)13-22(15)32-4)28-24(31)27-18-7-5-17(25)6-8-18/h5-11,15-16,22,26H,12-14H2,1-4H3,(H2,27,28,31)/t15-,16+,22-/m1/s1. The monoisotopic (exact) mass is 458 g/mol. The van der Waals surface area contributed by atoms with E-state index in [0.29, 0.717) is 35.8 Å². The van der Waals surface area contributed by atoms with Gasteiger partial charge < -0.3 is 30.3 Å². The van der Waals surface area contributed by atoms with Gasteiger partial charge in [-0.25, -0.2) is 9.18 Å². The minimum atomic E-state index is -0.512. The number of anilines is 2. The van der Waals surface area contributed by atoms with Crippen LogP contribution in [0.3, 0.4) is 0 Å². The highest BCUT2D eigenvalue weighted by Crippen LogP contribution is 2.26. The van der Waals surface area contributed by atoms with Gasteiger partial charge in [0, 0.05) is 44.7 Å². The van der Waals surface area contributed by atoms with E-state index < -0.39 is 11.8 Å². The molecule has 3 atom stereocenters. The van der Waals surface area contributed by atoms with E-state index in [-0.39, 0.29) is 24.0 Å². The summed E-state index contributed by atoms with van der Waals surface area (Å²) in [6.45, 7) is 5.63. The van der Waals surface area contributed by atoms with Crippen molar-refractivity contribution in [1.29, 1.82) is 0 Å². The summed E-state index contributed by atoms with van der Waals surface area (Å²) in [5.41, 5.74) is 1.21. The molecule has 33 heavy (non-hydrogen) atoms. The molecule has 0 radical (unpaired) electrons. The normalized spacial score (nSPS) is 21.8. The molecule has 0 aliphatic carbocycles. The second-order valence-corrected chi connectivity index (χ2v) is 8.35. The number of ether oxygens (including phenoxy) is 2. The summed E-state index contributed by atoms with van der Waals surface area (Å²) in [5, 5.41) is 8.77. The third kappa shape index (κ3) is 6.66. The van der Waals surface area contributed by atoms with Crippen LogP contribution < -0.4 is 20.7 Å². The minimum absolute atomic E-state index is 0.0735. The van der Waals surface area contributed by atoms with E-state index in [1.165, 1.54) is 24.3 Å². The van der Waals surface area contributed by atoms with Crippen LogP contribution in [0, 0.1) is 11.7 Å². The summed E-state index contributed by atoms with van der Waals surface area (Å²) in [6.07, 6.45) is -0.134. The van der Waals surface area contributed by atoms with Gasteiger partial charge in [0.2, 0.25) is 0 Å². The fourth-order valence-electron chi connectivity index (χ4n) is 3.56. The molecule has 1 heterocycles. The van der Waals surface area contributed by atoms with Crippen LogP contribution in [0.4, 0.5) is 20.6 Å². The number of carbonyl (C=O) groups is 2. The van der Waals surface area contributed by atoms with Crippen molar-refractivity contribution >= 4 is 23.3 Å². The van der Waals surface area contributed by atoms with Crippen molar-refractivity contribution in [3.63, 3.8) is 0 Å². The molecular formula is C24H31FN4O4. The molecule has 0 aromatic heterocycles. The fourth-order valence-corrected chi connectivity index (χ4v) is 3.56. The Hall–Kier alpha value is -3.17. The Bertz CT molecular complexity index is 969. The van der Waals surface area contributed by atoms with Gasteiger partial charge in [-0.2, -0.15) is 0 Å². The van der Waals surface area contributed by atoms with E-state index >= 15 is 0 Å². The van der Waals surface area contributed by atoms with Gasteiger partial charge in [0.25, 0.3) is 5.91 Å². The van der Waals surface area contributed by atoms with Crippen molar-refractivity contribution in [3.8, 4) is 5.75 Å². The number of amides is 3. The van der Waals surface area contributed by atoms with Gasteiger partial charge in [-0.05, 0) is 55.3 Å². The molecule has 0 unspecified atom stereocenters. The number of nitrogens with one attached hydrogen (secondary N) is 3. The van der Waals surface area contributed by atoms with Crippen molar-refractivity contribution in [2.24, 2.45) is 5.92 Å². The van der Waals surface area contributed by atoms with E-state index in [9.17, 15) is 14.0 Å². The second kappa shape index (κ2) is 11.1. The maximum absolute atomic E-state index is 13.3. The van der Waals surface area contributed by atoms with Crippen molar-refractivity contribution in [3.05, 3.63) is 53.8 Å². The molecule has 3 N–H and O–H groups in total. The number of rotatable bonds is 3. The molecule has 1 aliphatic heterocycles. The van der Waals surface area contributed by atoms with Crippen LogP contribution in [-0.2, 0) is 4.74 Å². The number of nitrogens with zero attached hydrogens (tertiary/aromatic N) is 1. The maximum Gasteiger partial charge on any atom is 0.323 e. The number of hydrogen-bond acceptors (Lipinski definition) is 5. The molecule has 3 amide bonds. The van der Waals surface area contributed by atoms with Crippen LogP contribution in [-0.4, -0.2) is 62.8 Å². The summed E-state index contributed by atoms with van der Waals surface area (Å²) in [6, 6.07) is 9.93. The van der Waals surface area contributed by atoms with E-state index in [1.54, 1.807) is 37.3 Å². The van der Waals surface area contributed by atoms with Gasteiger partial charge >= 0.3 is 6.03 Å². The Balaban J connectivity index is 1.81. The van der Waals surface area contributed by atoms with Gasteiger partial charge in [0.15, 0.2) is 0 Å². The van der Waals surface area contributed by atoms with E-state index in [2.05, 4.69) is 22.9 Å². The predicted molar refractivity (Wildman–Crippen MR) is 125 cm³/mol. The highest BCUT2D eigenvalue weighted by Gasteiger charge is 2.25. The maximum atomic E-state index is 13.3. The lowest BCUT2D eigenvalue weighted by atomic mass is 10.0. The van der Waals surface area contributed by atoms with Crippen LogP contribution in [0.15, 0.2) is 42.5 Å². The molecule has 0 spiro atoms. The third-order valence-electron chi connectivity index (χ3n) is 5.58. The number of hydrogen-bond donors (Lipinski definition) is 3. The van der Waals surface area contributed by atoms with Gasteiger partial charge in [0.05, 0.1) is 11.7 Å². The Kier molecular flexibility index (Phi) is 8.24. The Labute approximate surface area is 193 Å². The Morgan fingerprint density at radius 3 is 2.52 bits per heavy atom. The lowest BCUT2D eigenvalue weighted by molar-refractivity contribution is 0.0281. The van der Waals surface area contributed by atoms with E-state index in [1.807, 2.05) is 6.92 Å². The van der Waals surface area contributed by atoms with E-state index in [4.69, 9.17) is 9.47 Å². The highest BCUT2D eigenvalue weighted by atomic mass is 19.1. The summed E-state index contributed by atoms with van der Waals surface area (Å²) in [7, 11) is 3.36. The number of methoxy groups -OCH3 is 1. The number of halogens is 1.